The van der Waals surface area contributed by atoms with Gasteiger partial charge in [0.15, 0.2) is 0 Å². The SMILES string of the molecule is CC(C)C(CCO)NC(=O)CCCSc1ccccc1. The Morgan fingerprint density at radius 2 is 2.00 bits per heavy atom. The van der Waals surface area contributed by atoms with Crippen LogP contribution in [0.1, 0.15) is 33.1 Å². The van der Waals surface area contributed by atoms with E-state index >= 15 is 0 Å². The molecule has 3 nitrogen and oxygen atoms in total. The van der Waals surface area contributed by atoms with E-state index in [1.54, 1.807) is 11.8 Å². The molecule has 0 saturated heterocycles. The van der Waals surface area contributed by atoms with E-state index < -0.39 is 0 Å². The minimum atomic E-state index is 0.0780. The molecule has 1 rings (SSSR count). The van der Waals surface area contributed by atoms with Gasteiger partial charge in [-0.05, 0) is 36.6 Å². The number of carbonyl (C=O) groups excluding carboxylic acids is 1. The zero-order chi connectivity index (χ0) is 14.8. The second kappa shape index (κ2) is 9.83. The first-order valence-corrected chi connectivity index (χ1v) is 8.20. The molecule has 20 heavy (non-hydrogen) atoms. The Bertz CT molecular complexity index is 381. The molecule has 0 spiro atoms. The van der Waals surface area contributed by atoms with E-state index in [1.165, 1.54) is 4.90 Å². The van der Waals surface area contributed by atoms with Crippen molar-refractivity contribution in [1.29, 1.82) is 0 Å². The number of rotatable bonds is 9. The van der Waals surface area contributed by atoms with E-state index in [1.807, 2.05) is 18.2 Å². The van der Waals surface area contributed by atoms with E-state index in [0.29, 0.717) is 18.8 Å². The van der Waals surface area contributed by atoms with Crippen LogP contribution in [0.25, 0.3) is 0 Å². The van der Waals surface area contributed by atoms with Gasteiger partial charge in [0.25, 0.3) is 0 Å². The third-order valence-electron chi connectivity index (χ3n) is 3.15. The molecule has 0 aromatic heterocycles. The highest BCUT2D eigenvalue weighted by Gasteiger charge is 2.15. The predicted molar refractivity (Wildman–Crippen MR) is 84.9 cm³/mol. The smallest absolute Gasteiger partial charge is 0.220 e. The summed E-state index contributed by atoms with van der Waals surface area (Å²) in [6.45, 7) is 4.24. The van der Waals surface area contributed by atoms with Crippen LogP contribution < -0.4 is 5.32 Å². The molecule has 0 radical (unpaired) electrons. The van der Waals surface area contributed by atoms with Crippen LogP contribution in [-0.2, 0) is 4.79 Å². The highest BCUT2D eigenvalue weighted by Crippen LogP contribution is 2.18. The van der Waals surface area contributed by atoms with Crippen molar-refractivity contribution < 1.29 is 9.90 Å². The molecule has 1 unspecified atom stereocenters. The molecule has 112 valence electrons. The van der Waals surface area contributed by atoms with E-state index in [9.17, 15) is 4.79 Å². The maximum Gasteiger partial charge on any atom is 0.220 e. The number of benzene rings is 1. The normalized spacial score (nSPS) is 12.4. The van der Waals surface area contributed by atoms with Crippen molar-refractivity contribution in [2.45, 2.75) is 44.0 Å². The second-order valence-electron chi connectivity index (χ2n) is 5.20. The fourth-order valence-corrected chi connectivity index (χ4v) is 2.80. The van der Waals surface area contributed by atoms with Crippen molar-refractivity contribution in [2.24, 2.45) is 5.92 Å². The van der Waals surface area contributed by atoms with Gasteiger partial charge in [-0.25, -0.2) is 0 Å². The van der Waals surface area contributed by atoms with E-state index in [0.717, 1.165) is 12.2 Å². The zero-order valence-electron chi connectivity index (χ0n) is 12.3. The summed E-state index contributed by atoms with van der Waals surface area (Å²) in [5.74, 6) is 1.39. The minimum absolute atomic E-state index is 0.0780. The van der Waals surface area contributed by atoms with Gasteiger partial charge < -0.3 is 10.4 Å². The van der Waals surface area contributed by atoms with Crippen molar-refractivity contribution in [3.05, 3.63) is 30.3 Å². The van der Waals surface area contributed by atoms with Crippen LogP contribution in [-0.4, -0.2) is 29.4 Å². The molecule has 0 heterocycles. The van der Waals surface area contributed by atoms with Gasteiger partial charge in [0.05, 0.1) is 0 Å². The number of hydrogen-bond donors (Lipinski definition) is 2. The van der Waals surface area contributed by atoms with Crippen molar-refractivity contribution in [3.8, 4) is 0 Å². The Kier molecular flexibility index (Phi) is 8.38. The largest absolute Gasteiger partial charge is 0.396 e. The van der Waals surface area contributed by atoms with Crippen LogP contribution in [0.3, 0.4) is 0 Å². The quantitative estimate of drug-likeness (QED) is 0.544. The Hall–Kier alpha value is -1.00. The van der Waals surface area contributed by atoms with E-state index in [-0.39, 0.29) is 18.6 Å². The first-order chi connectivity index (χ1) is 9.63. The highest BCUT2D eigenvalue weighted by atomic mass is 32.2. The summed E-state index contributed by atoms with van der Waals surface area (Å²) < 4.78 is 0. The average Bonchev–Trinajstić information content (AvgIpc) is 2.44. The Morgan fingerprint density at radius 3 is 2.60 bits per heavy atom. The summed E-state index contributed by atoms with van der Waals surface area (Å²) in [5, 5.41) is 12.0. The number of nitrogens with one attached hydrogen (secondary N) is 1. The summed E-state index contributed by atoms with van der Waals surface area (Å²) >= 11 is 1.78. The zero-order valence-corrected chi connectivity index (χ0v) is 13.2. The molecule has 0 saturated carbocycles. The van der Waals surface area contributed by atoms with Crippen molar-refractivity contribution in [2.75, 3.05) is 12.4 Å². The Morgan fingerprint density at radius 1 is 1.30 bits per heavy atom. The number of hydrogen-bond acceptors (Lipinski definition) is 3. The molecule has 1 atom stereocenters. The minimum Gasteiger partial charge on any atom is -0.396 e. The lowest BCUT2D eigenvalue weighted by Crippen LogP contribution is -2.39. The lowest BCUT2D eigenvalue weighted by atomic mass is 10.0. The summed E-state index contributed by atoms with van der Waals surface area (Å²) in [7, 11) is 0. The topological polar surface area (TPSA) is 49.3 Å². The first kappa shape index (κ1) is 17.1. The fourth-order valence-electron chi connectivity index (χ4n) is 1.93. The number of amides is 1. The molecule has 0 aliphatic heterocycles. The highest BCUT2D eigenvalue weighted by molar-refractivity contribution is 7.99. The van der Waals surface area contributed by atoms with Crippen LogP contribution in [0.4, 0.5) is 0 Å². The Balaban J connectivity index is 2.19. The lowest BCUT2D eigenvalue weighted by molar-refractivity contribution is -0.122. The van der Waals surface area contributed by atoms with Gasteiger partial charge in [0, 0.05) is 24.0 Å². The molecule has 1 aromatic carbocycles. The van der Waals surface area contributed by atoms with Gasteiger partial charge >= 0.3 is 0 Å². The second-order valence-corrected chi connectivity index (χ2v) is 6.36. The summed E-state index contributed by atoms with van der Waals surface area (Å²) in [5.41, 5.74) is 0. The van der Waals surface area contributed by atoms with Gasteiger partial charge in [-0.15, -0.1) is 11.8 Å². The van der Waals surface area contributed by atoms with Crippen molar-refractivity contribution in [3.63, 3.8) is 0 Å². The number of aliphatic hydroxyl groups is 1. The maximum absolute atomic E-state index is 11.8. The summed E-state index contributed by atoms with van der Waals surface area (Å²) in [4.78, 5) is 13.1. The van der Waals surface area contributed by atoms with Crippen LogP contribution in [0.5, 0.6) is 0 Å². The maximum atomic E-state index is 11.8. The third-order valence-corrected chi connectivity index (χ3v) is 4.25. The molecular weight excluding hydrogens is 270 g/mol. The first-order valence-electron chi connectivity index (χ1n) is 7.21. The number of thioether (sulfide) groups is 1. The Labute approximate surface area is 126 Å². The molecular formula is C16H25NO2S. The molecule has 1 amide bonds. The van der Waals surface area contributed by atoms with Crippen LogP contribution in [0.15, 0.2) is 35.2 Å². The third kappa shape index (κ3) is 6.96. The number of carbonyl (C=O) groups is 1. The summed E-state index contributed by atoms with van der Waals surface area (Å²) in [6, 6.07) is 10.3. The summed E-state index contributed by atoms with van der Waals surface area (Å²) in [6.07, 6.45) is 2.05. The standard InChI is InChI=1S/C16H25NO2S/c1-13(2)15(10-11-18)17-16(19)9-6-12-20-14-7-4-3-5-8-14/h3-5,7-8,13,15,18H,6,9-12H2,1-2H3,(H,17,19). The van der Waals surface area contributed by atoms with E-state index in [2.05, 4.69) is 31.3 Å². The van der Waals surface area contributed by atoms with Crippen molar-refractivity contribution >= 4 is 17.7 Å². The molecule has 0 aliphatic carbocycles. The van der Waals surface area contributed by atoms with Crippen LogP contribution in [0, 0.1) is 5.92 Å². The molecule has 1 aromatic rings. The van der Waals surface area contributed by atoms with Gasteiger partial charge in [0.1, 0.15) is 0 Å². The monoisotopic (exact) mass is 295 g/mol. The van der Waals surface area contributed by atoms with Gasteiger partial charge in [-0.3, -0.25) is 4.79 Å². The van der Waals surface area contributed by atoms with Crippen LogP contribution >= 0.6 is 11.8 Å². The molecule has 0 aliphatic rings. The molecule has 2 N–H and O–H groups in total. The fraction of sp³-hybridized carbons (Fsp3) is 0.562. The predicted octanol–water partition coefficient (Wildman–Crippen LogP) is 3.08. The van der Waals surface area contributed by atoms with Crippen LogP contribution in [0.2, 0.25) is 0 Å². The van der Waals surface area contributed by atoms with Gasteiger partial charge in [0.2, 0.25) is 5.91 Å². The lowest BCUT2D eigenvalue weighted by Gasteiger charge is -2.21. The molecule has 0 bridgehead atoms. The van der Waals surface area contributed by atoms with E-state index in [4.69, 9.17) is 5.11 Å². The average molecular weight is 295 g/mol. The molecule has 4 heteroatoms. The van der Waals surface area contributed by atoms with Gasteiger partial charge in [-0.1, -0.05) is 32.0 Å². The van der Waals surface area contributed by atoms with Gasteiger partial charge in [-0.2, -0.15) is 0 Å². The van der Waals surface area contributed by atoms with Crippen molar-refractivity contribution in [1.82, 2.24) is 5.32 Å². The molecule has 0 fully saturated rings. The number of aliphatic hydroxyl groups excluding tert-OH is 1.